The van der Waals surface area contributed by atoms with E-state index < -0.39 is 22.6 Å². The lowest BCUT2D eigenvalue weighted by Gasteiger charge is -2.21. The summed E-state index contributed by atoms with van der Waals surface area (Å²) in [5.41, 5.74) is 1.43. The number of rotatable bonds is 11. The number of benzene rings is 2. The van der Waals surface area contributed by atoms with Gasteiger partial charge in [0.05, 0.1) is 0 Å². The maximum Gasteiger partial charge on any atom is 0.341 e. The number of nitrogens with zero attached hydrogens (tertiary/aromatic N) is 1. The molecule has 0 atom stereocenters. The molecule has 0 bridgehead atoms. The van der Waals surface area contributed by atoms with E-state index in [1.54, 1.807) is 44.2 Å². The molecule has 10 heteroatoms. The molecule has 1 N–H and O–H groups in total. The molecule has 3 rings (SSSR count). The van der Waals surface area contributed by atoms with Crippen LogP contribution in [0.2, 0.25) is 5.02 Å². The first-order valence-corrected chi connectivity index (χ1v) is 13.0. The molecule has 1 heterocycles. The number of hydrogen-bond donors (Lipinski definition) is 1. The standard InChI is InChI=1S/C23H26ClNO6S2/c1-4-9-25(10-11-30-18-6-7-20(15(2)12-18)31-14-22(26)27)33(28,29)23-16(3)19-13-17(24)5-8-21(19)32-23/h5-8,12-13H,4,9-11,14H2,1-3H3,(H,26,27). The van der Waals surface area contributed by atoms with Gasteiger partial charge in [0.2, 0.25) is 0 Å². The zero-order valence-corrected chi connectivity index (χ0v) is 21.0. The number of fused-ring (bicyclic) bond motifs is 1. The van der Waals surface area contributed by atoms with Crippen molar-refractivity contribution in [2.45, 2.75) is 31.4 Å². The van der Waals surface area contributed by atoms with Crippen LogP contribution in [0.5, 0.6) is 11.5 Å². The third kappa shape index (κ3) is 5.97. The van der Waals surface area contributed by atoms with Crippen LogP contribution in [0.15, 0.2) is 40.6 Å². The van der Waals surface area contributed by atoms with Crippen molar-refractivity contribution in [1.29, 1.82) is 0 Å². The van der Waals surface area contributed by atoms with Gasteiger partial charge < -0.3 is 14.6 Å². The quantitative estimate of drug-likeness (QED) is 0.384. The largest absolute Gasteiger partial charge is 0.492 e. The van der Waals surface area contributed by atoms with Crippen molar-refractivity contribution < 1.29 is 27.8 Å². The van der Waals surface area contributed by atoms with Crippen LogP contribution in [0.1, 0.15) is 24.5 Å². The van der Waals surface area contributed by atoms with Gasteiger partial charge in [-0.3, -0.25) is 0 Å². The Balaban J connectivity index is 1.73. The van der Waals surface area contributed by atoms with Crippen molar-refractivity contribution in [3.8, 4) is 11.5 Å². The van der Waals surface area contributed by atoms with Gasteiger partial charge in [-0.05, 0) is 73.2 Å². The van der Waals surface area contributed by atoms with Crippen molar-refractivity contribution in [2.24, 2.45) is 0 Å². The van der Waals surface area contributed by atoms with E-state index in [-0.39, 0.29) is 13.2 Å². The summed E-state index contributed by atoms with van der Waals surface area (Å²) >= 11 is 7.35. The van der Waals surface area contributed by atoms with E-state index in [1.807, 2.05) is 13.0 Å². The number of thiophene rings is 1. The summed E-state index contributed by atoms with van der Waals surface area (Å²) in [5.74, 6) is -0.0408. The van der Waals surface area contributed by atoms with Crippen molar-refractivity contribution in [3.63, 3.8) is 0 Å². The summed E-state index contributed by atoms with van der Waals surface area (Å²) < 4.78 is 40.6. The Morgan fingerprint density at radius 2 is 1.88 bits per heavy atom. The first-order valence-electron chi connectivity index (χ1n) is 10.4. The maximum absolute atomic E-state index is 13.4. The second-order valence-electron chi connectivity index (χ2n) is 7.52. The summed E-state index contributed by atoms with van der Waals surface area (Å²) in [6, 6.07) is 10.4. The van der Waals surface area contributed by atoms with Gasteiger partial charge in [0.1, 0.15) is 22.3 Å². The second kappa shape index (κ2) is 10.7. The molecule has 0 aliphatic heterocycles. The van der Waals surface area contributed by atoms with Gasteiger partial charge in [-0.15, -0.1) is 11.3 Å². The first kappa shape index (κ1) is 25.3. The molecule has 0 aliphatic carbocycles. The lowest BCUT2D eigenvalue weighted by Crippen LogP contribution is -2.35. The van der Waals surface area contributed by atoms with E-state index in [1.165, 1.54) is 15.6 Å². The summed E-state index contributed by atoms with van der Waals surface area (Å²) in [6.07, 6.45) is 0.670. The highest BCUT2D eigenvalue weighted by Crippen LogP contribution is 2.37. The van der Waals surface area contributed by atoms with Gasteiger partial charge in [-0.25, -0.2) is 13.2 Å². The molecule has 0 spiro atoms. The minimum Gasteiger partial charge on any atom is -0.492 e. The predicted molar refractivity (Wildman–Crippen MR) is 130 cm³/mol. The highest BCUT2D eigenvalue weighted by molar-refractivity contribution is 7.91. The molecule has 0 radical (unpaired) electrons. The third-order valence-electron chi connectivity index (χ3n) is 5.01. The Bertz CT molecular complexity index is 1260. The number of carboxylic acids is 1. The first-order chi connectivity index (χ1) is 15.6. The average molecular weight is 512 g/mol. The van der Waals surface area contributed by atoms with E-state index in [0.717, 1.165) is 15.6 Å². The van der Waals surface area contributed by atoms with E-state index >= 15 is 0 Å². The van der Waals surface area contributed by atoms with Crippen LogP contribution in [-0.2, 0) is 14.8 Å². The number of aliphatic carboxylic acids is 1. The summed E-state index contributed by atoms with van der Waals surface area (Å²) in [5, 5.41) is 10.2. The van der Waals surface area contributed by atoms with Crippen LogP contribution in [0.25, 0.3) is 10.1 Å². The Morgan fingerprint density at radius 1 is 1.12 bits per heavy atom. The molecule has 0 unspecified atom stereocenters. The highest BCUT2D eigenvalue weighted by atomic mass is 35.5. The maximum atomic E-state index is 13.4. The number of ether oxygens (including phenoxy) is 2. The number of aryl methyl sites for hydroxylation is 2. The van der Waals surface area contributed by atoms with Crippen molar-refractivity contribution >= 4 is 49.0 Å². The highest BCUT2D eigenvalue weighted by Gasteiger charge is 2.28. The average Bonchev–Trinajstić information content (AvgIpc) is 3.09. The van der Waals surface area contributed by atoms with Crippen LogP contribution in [0.4, 0.5) is 0 Å². The predicted octanol–water partition coefficient (Wildman–Crippen LogP) is 5.11. The van der Waals surface area contributed by atoms with Crippen LogP contribution >= 0.6 is 22.9 Å². The molecule has 0 saturated heterocycles. The Morgan fingerprint density at radius 3 is 2.55 bits per heavy atom. The lowest BCUT2D eigenvalue weighted by atomic mass is 10.2. The van der Waals surface area contributed by atoms with Gasteiger partial charge >= 0.3 is 5.97 Å². The number of carboxylic acid groups (broad SMARTS) is 1. The fourth-order valence-electron chi connectivity index (χ4n) is 3.41. The van der Waals surface area contributed by atoms with Crippen LogP contribution in [0.3, 0.4) is 0 Å². The summed E-state index contributed by atoms with van der Waals surface area (Å²) in [4.78, 5) is 10.7. The van der Waals surface area contributed by atoms with Crippen LogP contribution in [-0.4, -0.2) is 50.1 Å². The Hall–Kier alpha value is -2.33. The summed E-state index contributed by atoms with van der Waals surface area (Å²) in [6.45, 7) is 5.84. The third-order valence-corrected chi connectivity index (χ3v) is 9.01. The van der Waals surface area contributed by atoms with Crippen molar-refractivity contribution in [2.75, 3.05) is 26.3 Å². The smallest absolute Gasteiger partial charge is 0.341 e. The molecule has 0 fully saturated rings. The minimum absolute atomic E-state index is 0.170. The number of halogens is 1. The van der Waals surface area contributed by atoms with E-state index in [4.69, 9.17) is 26.2 Å². The Kier molecular flexibility index (Phi) is 8.23. The second-order valence-corrected chi connectivity index (χ2v) is 11.1. The lowest BCUT2D eigenvalue weighted by molar-refractivity contribution is -0.139. The molecular formula is C23H26ClNO6S2. The van der Waals surface area contributed by atoms with Crippen molar-refractivity contribution in [1.82, 2.24) is 4.31 Å². The molecule has 0 aliphatic rings. The molecule has 3 aromatic rings. The summed E-state index contributed by atoms with van der Waals surface area (Å²) in [7, 11) is -3.70. The number of carbonyl (C=O) groups is 1. The van der Waals surface area contributed by atoms with Crippen molar-refractivity contribution in [3.05, 3.63) is 52.5 Å². The fourth-order valence-corrected chi connectivity index (χ4v) is 6.98. The normalized spacial score (nSPS) is 11.8. The minimum atomic E-state index is -3.70. The molecule has 0 amide bonds. The van der Waals surface area contributed by atoms with E-state index in [2.05, 4.69) is 0 Å². The fraction of sp³-hybridized carbons (Fsp3) is 0.348. The molecule has 7 nitrogen and oxygen atoms in total. The monoisotopic (exact) mass is 511 g/mol. The van der Waals surface area contributed by atoms with Gasteiger partial charge in [0.25, 0.3) is 10.0 Å². The Labute approximate surface area is 202 Å². The number of sulfonamides is 1. The topological polar surface area (TPSA) is 93.1 Å². The molecule has 0 saturated carbocycles. The van der Waals surface area contributed by atoms with Crippen LogP contribution < -0.4 is 9.47 Å². The van der Waals surface area contributed by atoms with Gasteiger partial charge in [0.15, 0.2) is 6.61 Å². The molecule has 2 aromatic carbocycles. The van der Waals surface area contributed by atoms with Gasteiger partial charge in [-0.2, -0.15) is 4.31 Å². The number of hydrogen-bond acceptors (Lipinski definition) is 6. The zero-order valence-electron chi connectivity index (χ0n) is 18.6. The molecule has 178 valence electrons. The van der Waals surface area contributed by atoms with Gasteiger partial charge in [0, 0.05) is 22.8 Å². The SMILES string of the molecule is CCCN(CCOc1ccc(OCC(=O)O)c(C)c1)S(=O)(=O)c1sc2ccc(Cl)cc2c1C. The molecule has 33 heavy (non-hydrogen) atoms. The van der Waals surface area contributed by atoms with E-state index in [0.29, 0.717) is 39.3 Å². The van der Waals surface area contributed by atoms with E-state index in [9.17, 15) is 13.2 Å². The zero-order chi connectivity index (χ0) is 24.2. The van der Waals surface area contributed by atoms with Gasteiger partial charge in [-0.1, -0.05) is 18.5 Å². The van der Waals surface area contributed by atoms with Crippen LogP contribution in [0, 0.1) is 13.8 Å². The molecular weight excluding hydrogens is 486 g/mol. The molecule has 1 aromatic heterocycles.